The Labute approximate surface area is 129 Å². The summed E-state index contributed by atoms with van der Waals surface area (Å²) in [6, 6.07) is 9.20. The first-order valence-corrected chi connectivity index (χ1v) is 7.72. The average Bonchev–Trinajstić information content (AvgIpc) is 2.89. The highest BCUT2D eigenvalue weighted by Gasteiger charge is 2.32. The molecule has 6 nitrogen and oxygen atoms in total. The maximum Gasteiger partial charge on any atom is 0.317 e. The third-order valence-corrected chi connectivity index (χ3v) is 4.27. The summed E-state index contributed by atoms with van der Waals surface area (Å²) in [5.41, 5.74) is 0.866. The molecule has 2 aliphatic heterocycles. The lowest BCUT2D eigenvalue weighted by Gasteiger charge is -2.30. The van der Waals surface area contributed by atoms with Crippen LogP contribution in [0.2, 0.25) is 0 Å². The van der Waals surface area contributed by atoms with E-state index in [0.717, 1.165) is 5.69 Å². The summed E-state index contributed by atoms with van der Waals surface area (Å²) in [6.45, 7) is 1.64. The summed E-state index contributed by atoms with van der Waals surface area (Å²) in [7, 11) is 0. The number of aliphatic hydroxyl groups excluding tert-OH is 1. The van der Waals surface area contributed by atoms with E-state index in [2.05, 4.69) is 5.32 Å². The van der Waals surface area contributed by atoms with E-state index in [1.54, 1.807) is 9.80 Å². The second-order valence-corrected chi connectivity index (χ2v) is 5.91. The van der Waals surface area contributed by atoms with Crippen molar-refractivity contribution in [2.45, 2.75) is 31.4 Å². The predicted molar refractivity (Wildman–Crippen MR) is 82.5 cm³/mol. The number of hydrogen-bond donors (Lipinski definition) is 2. The maximum absolute atomic E-state index is 12.2. The summed E-state index contributed by atoms with van der Waals surface area (Å²) in [6.07, 6.45) is 1.27. The molecular formula is C16H21N3O3. The van der Waals surface area contributed by atoms with Gasteiger partial charge in [0.05, 0.1) is 12.1 Å². The molecule has 0 spiro atoms. The molecule has 0 saturated carbocycles. The molecule has 1 atom stereocenters. The van der Waals surface area contributed by atoms with Crippen molar-refractivity contribution in [2.24, 2.45) is 0 Å². The van der Waals surface area contributed by atoms with Crippen LogP contribution in [0.3, 0.4) is 0 Å². The quantitative estimate of drug-likeness (QED) is 0.854. The molecule has 2 fully saturated rings. The third-order valence-electron chi connectivity index (χ3n) is 4.27. The van der Waals surface area contributed by atoms with Crippen LogP contribution in [-0.4, -0.2) is 53.7 Å². The molecule has 0 aliphatic carbocycles. The first kappa shape index (κ1) is 14.8. The smallest absolute Gasteiger partial charge is 0.317 e. The molecule has 118 valence electrons. The molecule has 1 aromatic carbocycles. The molecule has 0 aromatic heterocycles. The van der Waals surface area contributed by atoms with Crippen LogP contribution in [0, 0.1) is 0 Å². The number of rotatable bonds is 2. The van der Waals surface area contributed by atoms with Gasteiger partial charge in [-0.15, -0.1) is 0 Å². The number of aliphatic hydroxyl groups is 1. The van der Waals surface area contributed by atoms with Gasteiger partial charge in [0.15, 0.2) is 0 Å². The van der Waals surface area contributed by atoms with E-state index in [-0.39, 0.29) is 24.1 Å². The molecular weight excluding hydrogens is 282 g/mol. The van der Waals surface area contributed by atoms with Gasteiger partial charge in [-0.3, -0.25) is 4.79 Å². The Morgan fingerprint density at radius 1 is 1.18 bits per heavy atom. The predicted octanol–water partition coefficient (Wildman–Crippen LogP) is 0.958. The molecule has 6 heteroatoms. The molecule has 1 aromatic rings. The van der Waals surface area contributed by atoms with E-state index in [4.69, 9.17) is 0 Å². The summed E-state index contributed by atoms with van der Waals surface area (Å²) in [4.78, 5) is 27.8. The number of nitrogens with one attached hydrogen (secondary N) is 1. The number of piperidine rings is 1. The first-order valence-electron chi connectivity index (χ1n) is 7.72. The number of carbonyl (C=O) groups is 2. The van der Waals surface area contributed by atoms with Gasteiger partial charge in [-0.2, -0.15) is 0 Å². The van der Waals surface area contributed by atoms with E-state index in [0.29, 0.717) is 38.9 Å². The van der Waals surface area contributed by atoms with Gasteiger partial charge in [-0.1, -0.05) is 18.2 Å². The van der Waals surface area contributed by atoms with Crippen molar-refractivity contribution in [1.82, 2.24) is 10.2 Å². The lowest BCUT2D eigenvalue weighted by Crippen LogP contribution is -2.49. The zero-order valence-corrected chi connectivity index (χ0v) is 12.4. The highest BCUT2D eigenvalue weighted by atomic mass is 16.3. The van der Waals surface area contributed by atoms with E-state index in [1.165, 1.54) is 0 Å². The third kappa shape index (κ3) is 3.22. The average molecular weight is 303 g/mol. The van der Waals surface area contributed by atoms with Gasteiger partial charge in [0, 0.05) is 31.7 Å². The standard InChI is InChI=1S/C16H21N3O3/c20-14-6-8-18(9-7-14)16(22)17-12-10-15(21)19(11-12)13-4-2-1-3-5-13/h1-5,12,14,20H,6-11H2,(H,17,22)/t12-/m1/s1. The number of likely N-dealkylation sites (tertiary alicyclic amines) is 1. The van der Waals surface area contributed by atoms with Crippen molar-refractivity contribution >= 4 is 17.6 Å². The summed E-state index contributed by atoms with van der Waals surface area (Å²) in [5.74, 6) is 0.0329. The maximum atomic E-state index is 12.2. The summed E-state index contributed by atoms with van der Waals surface area (Å²) >= 11 is 0. The second-order valence-electron chi connectivity index (χ2n) is 5.91. The van der Waals surface area contributed by atoms with Gasteiger partial charge >= 0.3 is 6.03 Å². The Hall–Kier alpha value is -2.08. The zero-order valence-electron chi connectivity index (χ0n) is 12.4. The highest BCUT2D eigenvalue weighted by Crippen LogP contribution is 2.21. The fourth-order valence-corrected chi connectivity index (χ4v) is 3.00. The normalized spacial score (nSPS) is 23.0. The number of para-hydroxylation sites is 1. The van der Waals surface area contributed by atoms with Crippen LogP contribution in [-0.2, 0) is 4.79 Å². The molecule has 2 saturated heterocycles. The zero-order chi connectivity index (χ0) is 15.5. The van der Waals surface area contributed by atoms with Crippen molar-refractivity contribution in [2.75, 3.05) is 24.5 Å². The molecule has 3 rings (SSSR count). The minimum Gasteiger partial charge on any atom is -0.393 e. The number of urea groups is 1. The topological polar surface area (TPSA) is 72.9 Å². The number of carbonyl (C=O) groups excluding carboxylic acids is 2. The van der Waals surface area contributed by atoms with Gasteiger partial charge in [-0.25, -0.2) is 4.79 Å². The van der Waals surface area contributed by atoms with E-state index >= 15 is 0 Å². The number of hydrogen-bond acceptors (Lipinski definition) is 3. The molecule has 2 aliphatic rings. The number of benzene rings is 1. The number of nitrogens with zero attached hydrogens (tertiary/aromatic N) is 2. The van der Waals surface area contributed by atoms with Crippen LogP contribution < -0.4 is 10.2 Å². The van der Waals surface area contributed by atoms with Crippen molar-refractivity contribution in [3.63, 3.8) is 0 Å². The lowest BCUT2D eigenvalue weighted by molar-refractivity contribution is -0.117. The Bertz CT molecular complexity index is 541. The van der Waals surface area contributed by atoms with E-state index < -0.39 is 0 Å². The van der Waals surface area contributed by atoms with Crippen LogP contribution >= 0.6 is 0 Å². The second kappa shape index (κ2) is 6.36. The fourth-order valence-electron chi connectivity index (χ4n) is 3.00. The van der Waals surface area contributed by atoms with Crippen LogP contribution in [0.5, 0.6) is 0 Å². The van der Waals surface area contributed by atoms with Crippen molar-refractivity contribution in [3.05, 3.63) is 30.3 Å². The molecule has 0 unspecified atom stereocenters. The van der Waals surface area contributed by atoms with Gasteiger partial charge < -0.3 is 20.2 Å². The number of anilines is 1. The van der Waals surface area contributed by atoms with Gasteiger partial charge in [0.1, 0.15) is 0 Å². The Balaban J connectivity index is 1.56. The van der Waals surface area contributed by atoms with E-state index in [1.807, 2.05) is 30.3 Å². The Morgan fingerprint density at radius 2 is 1.86 bits per heavy atom. The molecule has 22 heavy (non-hydrogen) atoms. The fraction of sp³-hybridized carbons (Fsp3) is 0.500. The molecule has 0 bridgehead atoms. The summed E-state index contributed by atoms with van der Waals surface area (Å²) in [5, 5.41) is 12.4. The van der Waals surface area contributed by atoms with Crippen molar-refractivity contribution in [3.8, 4) is 0 Å². The van der Waals surface area contributed by atoms with Gasteiger partial charge in [-0.05, 0) is 25.0 Å². The van der Waals surface area contributed by atoms with Crippen LogP contribution in [0.1, 0.15) is 19.3 Å². The Morgan fingerprint density at radius 3 is 2.55 bits per heavy atom. The van der Waals surface area contributed by atoms with Crippen LogP contribution in [0.15, 0.2) is 30.3 Å². The molecule has 3 amide bonds. The molecule has 2 N–H and O–H groups in total. The highest BCUT2D eigenvalue weighted by molar-refractivity contribution is 5.96. The SMILES string of the molecule is O=C(N[C@@H]1CC(=O)N(c2ccccc2)C1)N1CCC(O)CC1. The minimum absolute atomic E-state index is 0.0329. The van der Waals surface area contributed by atoms with E-state index in [9.17, 15) is 14.7 Å². The van der Waals surface area contributed by atoms with Gasteiger partial charge in [0.25, 0.3) is 0 Å². The minimum atomic E-state index is -0.300. The summed E-state index contributed by atoms with van der Waals surface area (Å²) < 4.78 is 0. The Kier molecular flexibility index (Phi) is 4.29. The van der Waals surface area contributed by atoms with Gasteiger partial charge in [0.2, 0.25) is 5.91 Å². The largest absolute Gasteiger partial charge is 0.393 e. The first-order chi connectivity index (χ1) is 10.6. The molecule has 0 radical (unpaired) electrons. The van der Waals surface area contributed by atoms with Crippen molar-refractivity contribution < 1.29 is 14.7 Å². The van der Waals surface area contributed by atoms with Crippen LogP contribution in [0.4, 0.5) is 10.5 Å². The molecule has 2 heterocycles. The van der Waals surface area contributed by atoms with Crippen molar-refractivity contribution in [1.29, 1.82) is 0 Å². The monoisotopic (exact) mass is 303 g/mol. The number of amides is 3. The van der Waals surface area contributed by atoms with Crippen LogP contribution in [0.25, 0.3) is 0 Å². The lowest BCUT2D eigenvalue weighted by atomic mass is 10.1.